The van der Waals surface area contributed by atoms with Crippen LogP contribution in [-0.4, -0.2) is 23.4 Å². The first-order valence-electron chi connectivity index (χ1n) is 6.29. The monoisotopic (exact) mass is 273 g/mol. The molecule has 2 aromatic rings. The number of rotatable bonds is 6. The molecule has 0 spiro atoms. The molecule has 0 fully saturated rings. The van der Waals surface area contributed by atoms with Crippen molar-refractivity contribution in [1.29, 1.82) is 0 Å². The van der Waals surface area contributed by atoms with E-state index in [2.05, 4.69) is 20.2 Å². The molecule has 7 nitrogen and oxygen atoms in total. The fourth-order valence-corrected chi connectivity index (χ4v) is 1.77. The second kappa shape index (κ2) is 6.49. The first-order chi connectivity index (χ1) is 9.78. The van der Waals surface area contributed by atoms with Crippen LogP contribution in [0.2, 0.25) is 0 Å². The molecular formula is C13H15N5O2. The number of azide groups is 1. The molecule has 0 aliphatic heterocycles. The van der Waals surface area contributed by atoms with Gasteiger partial charge in [0.2, 0.25) is 0 Å². The van der Waals surface area contributed by atoms with E-state index in [1.165, 1.54) is 0 Å². The predicted octanol–water partition coefficient (Wildman–Crippen LogP) is 3.82. The van der Waals surface area contributed by atoms with Gasteiger partial charge in [-0.3, -0.25) is 5.10 Å². The Kier molecular flexibility index (Phi) is 4.47. The van der Waals surface area contributed by atoms with E-state index in [1.54, 1.807) is 6.07 Å². The molecule has 104 valence electrons. The number of hydrogen-bond donors (Lipinski definition) is 1. The number of ether oxygens (including phenoxy) is 2. The quantitative estimate of drug-likeness (QED) is 0.492. The van der Waals surface area contributed by atoms with Crippen molar-refractivity contribution >= 4 is 5.82 Å². The van der Waals surface area contributed by atoms with Gasteiger partial charge in [0.15, 0.2) is 11.5 Å². The van der Waals surface area contributed by atoms with Gasteiger partial charge >= 0.3 is 0 Å². The van der Waals surface area contributed by atoms with Crippen molar-refractivity contribution in [3.8, 4) is 22.8 Å². The molecule has 0 aliphatic rings. The predicted molar refractivity (Wildman–Crippen MR) is 75.2 cm³/mol. The van der Waals surface area contributed by atoms with Crippen molar-refractivity contribution in [2.24, 2.45) is 5.11 Å². The Morgan fingerprint density at radius 3 is 2.65 bits per heavy atom. The van der Waals surface area contributed by atoms with E-state index in [9.17, 15) is 0 Å². The smallest absolute Gasteiger partial charge is 0.161 e. The molecule has 1 N–H and O–H groups in total. The highest BCUT2D eigenvalue weighted by atomic mass is 16.5. The summed E-state index contributed by atoms with van der Waals surface area (Å²) in [4.78, 5) is 2.71. The maximum absolute atomic E-state index is 8.38. The fourth-order valence-electron chi connectivity index (χ4n) is 1.77. The van der Waals surface area contributed by atoms with E-state index in [4.69, 9.17) is 15.0 Å². The van der Waals surface area contributed by atoms with E-state index in [0.29, 0.717) is 36.2 Å². The largest absolute Gasteiger partial charge is 0.490 e. The number of benzene rings is 1. The summed E-state index contributed by atoms with van der Waals surface area (Å²) in [5.74, 6) is 1.73. The molecule has 7 heteroatoms. The third-order valence-electron chi connectivity index (χ3n) is 2.56. The average Bonchev–Trinajstić information content (AvgIpc) is 2.90. The van der Waals surface area contributed by atoms with Crippen LogP contribution in [0, 0.1) is 0 Å². The summed E-state index contributed by atoms with van der Waals surface area (Å²) in [6.45, 7) is 4.96. The zero-order chi connectivity index (χ0) is 14.4. The highest BCUT2D eigenvalue weighted by Gasteiger charge is 2.09. The van der Waals surface area contributed by atoms with E-state index in [0.717, 1.165) is 5.56 Å². The van der Waals surface area contributed by atoms with Crippen molar-refractivity contribution < 1.29 is 9.47 Å². The second-order valence-corrected chi connectivity index (χ2v) is 3.86. The van der Waals surface area contributed by atoms with Crippen molar-refractivity contribution in [3.05, 3.63) is 34.7 Å². The normalized spacial score (nSPS) is 9.90. The van der Waals surface area contributed by atoms with Crippen LogP contribution in [0.4, 0.5) is 5.82 Å². The summed E-state index contributed by atoms with van der Waals surface area (Å²) in [5.41, 5.74) is 9.91. The molecule has 0 aliphatic carbocycles. The lowest BCUT2D eigenvalue weighted by Crippen LogP contribution is -1.98. The summed E-state index contributed by atoms with van der Waals surface area (Å²) < 4.78 is 11.1. The van der Waals surface area contributed by atoms with Crippen LogP contribution >= 0.6 is 0 Å². The second-order valence-electron chi connectivity index (χ2n) is 3.86. The van der Waals surface area contributed by atoms with E-state index < -0.39 is 0 Å². The molecule has 1 aromatic carbocycles. The van der Waals surface area contributed by atoms with Gasteiger partial charge < -0.3 is 9.47 Å². The number of nitrogens with zero attached hydrogens (tertiary/aromatic N) is 4. The number of H-pyrrole nitrogens is 1. The summed E-state index contributed by atoms with van der Waals surface area (Å²) in [6.07, 6.45) is 0. The molecule has 1 aromatic heterocycles. The van der Waals surface area contributed by atoms with Gasteiger partial charge in [0.25, 0.3) is 0 Å². The van der Waals surface area contributed by atoms with Crippen LogP contribution in [-0.2, 0) is 0 Å². The minimum absolute atomic E-state index is 0.370. The van der Waals surface area contributed by atoms with Crippen molar-refractivity contribution in [1.82, 2.24) is 10.2 Å². The Morgan fingerprint density at radius 1 is 1.20 bits per heavy atom. The van der Waals surface area contributed by atoms with Crippen LogP contribution in [0.3, 0.4) is 0 Å². The minimum Gasteiger partial charge on any atom is -0.490 e. The molecule has 1 heterocycles. The molecule has 2 rings (SSSR count). The lowest BCUT2D eigenvalue weighted by Gasteiger charge is -2.11. The Morgan fingerprint density at radius 2 is 1.95 bits per heavy atom. The van der Waals surface area contributed by atoms with E-state index >= 15 is 0 Å². The first-order valence-corrected chi connectivity index (χ1v) is 6.29. The van der Waals surface area contributed by atoms with Crippen LogP contribution in [0.1, 0.15) is 13.8 Å². The highest BCUT2D eigenvalue weighted by Crippen LogP contribution is 2.33. The Labute approximate surface area is 116 Å². The molecule has 0 bridgehead atoms. The van der Waals surface area contributed by atoms with Crippen LogP contribution in [0.15, 0.2) is 29.4 Å². The van der Waals surface area contributed by atoms with Gasteiger partial charge in [-0.25, -0.2) is 0 Å². The minimum atomic E-state index is 0.370. The third kappa shape index (κ3) is 3.02. The SMILES string of the molecule is CCOc1ccc(-c2cc(N=[N+]=[N-])[nH]n2)cc1OCC. The van der Waals surface area contributed by atoms with Gasteiger partial charge in [-0.1, -0.05) is 0 Å². The zero-order valence-electron chi connectivity index (χ0n) is 11.3. The topological polar surface area (TPSA) is 95.9 Å². The van der Waals surface area contributed by atoms with Gasteiger partial charge in [-0.15, -0.1) is 0 Å². The number of nitrogens with one attached hydrogen (secondary N) is 1. The van der Waals surface area contributed by atoms with Crippen molar-refractivity contribution in [3.63, 3.8) is 0 Å². The maximum Gasteiger partial charge on any atom is 0.161 e. The molecule has 0 radical (unpaired) electrons. The molecule has 0 saturated carbocycles. The van der Waals surface area contributed by atoms with Crippen LogP contribution < -0.4 is 9.47 Å². The first kappa shape index (κ1) is 13.8. The zero-order valence-corrected chi connectivity index (χ0v) is 11.3. The van der Waals surface area contributed by atoms with Crippen molar-refractivity contribution in [2.45, 2.75) is 13.8 Å². The van der Waals surface area contributed by atoms with Gasteiger partial charge in [0.1, 0.15) is 5.82 Å². The highest BCUT2D eigenvalue weighted by molar-refractivity contribution is 5.65. The summed E-state index contributed by atoms with van der Waals surface area (Å²) in [6, 6.07) is 7.24. The standard InChI is InChI=1S/C13H15N5O2/c1-3-19-11-6-5-9(7-12(11)20-4-2)10-8-13(16-15-10)17-18-14/h5-8H,3-4H2,1-2H3,(H,15,16). The lowest BCUT2D eigenvalue weighted by atomic mass is 10.1. The van der Waals surface area contributed by atoms with Gasteiger partial charge in [0.05, 0.1) is 18.9 Å². The summed E-state index contributed by atoms with van der Waals surface area (Å²) in [7, 11) is 0. The Balaban J connectivity index is 2.35. The fraction of sp³-hybridized carbons (Fsp3) is 0.308. The van der Waals surface area contributed by atoms with E-state index in [1.807, 2.05) is 32.0 Å². The third-order valence-corrected chi connectivity index (χ3v) is 2.56. The molecule has 0 unspecified atom stereocenters. The van der Waals surface area contributed by atoms with Gasteiger partial charge in [0, 0.05) is 10.5 Å². The maximum atomic E-state index is 8.38. The summed E-state index contributed by atoms with van der Waals surface area (Å²) in [5, 5.41) is 10.2. The molecule has 20 heavy (non-hydrogen) atoms. The number of aromatic nitrogens is 2. The van der Waals surface area contributed by atoms with E-state index in [-0.39, 0.29) is 0 Å². The molecule has 0 atom stereocenters. The number of hydrogen-bond acceptors (Lipinski definition) is 4. The van der Waals surface area contributed by atoms with Gasteiger partial charge in [-0.2, -0.15) is 5.10 Å². The number of aromatic amines is 1. The Hall–Kier alpha value is -2.66. The molecule has 0 amide bonds. The lowest BCUT2D eigenvalue weighted by molar-refractivity contribution is 0.288. The molecular weight excluding hydrogens is 258 g/mol. The van der Waals surface area contributed by atoms with Crippen molar-refractivity contribution in [2.75, 3.05) is 13.2 Å². The van der Waals surface area contributed by atoms with Crippen LogP contribution in [0.5, 0.6) is 11.5 Å². The van der Waals surface area contributed by atoms with Gasteiger partial charge in [-0.05, 0) is 48.8 Å². The average molecular weight is 273 g/mol. The summed E-state index contributed by atoms with van der Waals surface area (Å²) >= 11 is 0. The molecule has 0 saturated heterocycles. The van der Waals surface area contributed by atoms with Crippen LogP contribution in [0.25, 0.3) is 21.7 Å². The Bertz CT molecular complexity index is 631.